The molecule has 14 heteroatoms. The zero-order valence-corrected chi connectivity index (χ0v) is 23.8. The quantitative estimate of drug-likeness (QED) is 0.160. The molecular formula is C31H23F3N2O8S. The molecule has 0 aliphatic carbocycles. The van der Waals surface area contributed by atoms with Gasteiger partial charge in [0, 0.05) is 6.20 Å². The van der Waals surface area contributed by atoms with Gasteiger partial charge in [0.1, 0.15) is 17.4 Å². The standard InChI is InChI=1S/C31H23F3N2O8S/c32-31(33,34)30(44-27(39)21-14-8-3-9-15-21)24(43-26(38)20-12-6-2-7-13-20)22(18-41-25(37)19-10-4-1-5-11-19)42-28(30)36-17-16-23(45)35-29(36)40/h1-17,22,24,28H,18H2,(H,35,40,45)/t22-,24+,28-,30?/m1/s1. The minimum absolute atomic E-state index is 0.0781. The van der Waals surface area contributed by atoms with Crippen molar-refractivity contribution in [2.75, 3.05) is 6.61 Å². The van der Waals surface area contributed by atoms with Crippen molar-refractivity contribution in [1.82, 2.24) is 9.55 Å². The van der Waals surface area contributed by atoms with E-state index >= 15 is 13.2 Å². The zero-order chi connectivity index (χ0) is 32.2. The summed E-state index contributed by atoms with van der Waals surface area (Å²) in [7, 11) is 0. The highest BCUT2D eigenvalue weighted by atomic mass is 32.1. The summed E-state index contributed by atoms with van der Waals surface area (Å²) in [6, 6.07) is 22.6. The van der Waals surface area contributed by atoms with Gasteiger partial charge in [-0.25, -0.2) is 19.2 Å². The molecular weight excluding hydrogens is 617 g/mol. The fraction of sp³-hybridized carbons (Fsp3) is 0.194. The van der Waals surface area contributed by atoms with Crippen LogP contribution < -0.4 is 5.69 Å². The molecule has 3 aromatic carbocycles. The second-order valence-electron chi connectivity index (χ2n) is 9.75. The van der Waals surface area contributed by atoms with E-state index in [-0.39, 0.29) is 21.3 Å². The van der Waals surface area contributed by atoms with Crippen molar-refractivity contribution in [1.29, 1.82) is 0 Å². The summed E-state index contributed by atoms with van der Waals surface area (Å²) < 4.78 is 68.8. The van der Waals surface area contributed by atoms with E-state index in [0.29, 0.717) is 4.57 Å². The number of carbonyl (C=O) groups excluding carboxylic acids is 3. The highest BCUT2D eigenvalue weighted by molar-refractivity contribution is 7.71. The van der Waals surface area contributed by atoms with Crippen LogP contribution in [-0.2, 0) is 18.9 Å². The van der Waals surface area contributed by atoms with Crippen molar-refractivity contribution in [2.45, 2.75) is 30.2 Å². The Hall–Kier alpha value is -5.08. The second kappa shape index (κ2) is 12.9. The van der Waals surface area contributed by atoms with E-state index in [0.717, 1.165) is 12.3 Å². The molecule has 2 heterocycles. The van der Waals surface area contributed by atoms with Gasteiger partial charge in [0.05, 0.1) is 16.7 Å². The Bertz CT molecular complexity index is 1800. The number of nitrogens with one attached hydrogen (secondary N) is 1. The van der Waals surface area contributed by atoms with Crippen LogP contribution in [0.5, 0.6) is 0 Å². The molecule has 232 valence electrons. The maximum absolute atomic E-state index is 15.6. The number of rotatable bonds is 8. The average Bonchev–Trinajstić information content (AvgIpc) is 3.34. The predicted octanol–water partition coefficient (Wildman–Crippen LogP) is 5.04. The highest BCUT2D eigenvalue weighted by Crippen LogP contribution is 2.52. The van der Waals surface area contributed by atoms with Crippen LogP contribution in [0.1, 0.15) is 37.3 Å². The van der Waals surface area contributed by atoms with Gasteiger partial charge in [-0.3, -0.25) is 9.55 Å². The molecule has 45 heavy (non-hydrogen) atoms. The molecule has 0 saturated carbocycles. The Labute approximate surface area is 257 Å². The van der Waals surface area contributed by atoms with Crippen molar-refractivity contribution in [3.63, 3.8) is 0 Å². The van der Waals surface area contributed by atoms with Gasteiger partial charge in [-0.1, -0.05) is 66.8 Å². The van der Waals surface area contributed by atoms with Crippen LogP contribution in [0.3, 0.4) is 0 Å². The third-order valence-corrected chi connectivity index (χ3v) is 7.12. The van der Waals surface area contributed by atoms with E-state index in [1.807, 2.05) is 0 Å². The number of hydrogen-bond donors (Lipinski definition) is 1. The Kier molecular flexibility index (Phi) is 8.97. The molecule has 0 radical (unpaired) electrons. The van der Waals surface area contributed by atoms with Gasteiger partial charge in [-0.2, -0.15) is 13.2 Å². The Morgan fingerprint density at radius 3 is 1.84 bits per heavy atom. The van der Waals surface area contributed by atoms with Gasteiger partial charge in [0.25, 0.3) is 5.60 Å². The molecule has 1 aromatic heterocycles. The van der Waals surface area contributed by atoms with E-state index in [9.17, 15) is 19.2 Å². The van der Waals surface area contributed by atoms with Gasteiger partial charge in [-0.15, -0.1) is 0 Å². The molecule has 1 aliphatic heterocycles. The number of alkyl halides is 3. The largest absolute Gasteiger partial charge is 0.459 e. The van der Waals surface area contributed by atoms with E-state index in [1.54, 1.807) is 24.3 Å². The van der Waals surface area contributed by atoms with Gasteiger partial charge in [0.2, 0.25) is 0 Å². The second-order valence-corrected chi connectivity index (χ2v) is 10.2. The van der Waals surface area contributed by atoms with Gasteiger partial charge in [-0.05, 0) is 42.5 Å². The van der Waals surface area contributed by atoms with Gasteiger partial charge < -0.3 is 18.9 Å². The third kappa shape index (κ3) is 6.42. The number of esters is 3. The fourth-order valence-corrected chi connectivity index (χ4v) is 4.90. The van der Waals surface area contributed by atoms with E-state index in [2.05, 4.69) is 4.98 Å². The molecule has 5 rings (SSSR count). The maximum atomic E-state index is 15.6. The lowest BCUT2D eigenvalue weighted by molar-refractivity contribution is -0.302. The number of halogens is 3. The summed E-state index contributed by atoms with van der Waals surface area (Å²) in [4.78, 5) is 54.5. The topological polar surface area (TPSA) is 126 Å². The molecule has 1 saturated heterocycles. The summed E-state index contributed by atoms with van der Waals surface area (Å²) in [5.74, 6) is -3.61. The zero-order valence-electron chi connectivity index (χ0n) is 23.0. The molecule has 0 amide bonds. The minimum atomic E-state index is -5.55. The first kappa shape index (κ1) is 31.3. The normalized spacial score (nSPS) is 21.1. The number of carbonyl (C=O) groups is 3. The molecule has 4 aromatic rings. The van der Waals surface area contributed by atoms with Crippen LogP contribution in [0.25, 0.3) is 0 Å². The maximum Gasteiger partial charge on any atom is 0.436 e. The van der Waals surface area contributed by atoms with Crippen LogP contribution in [-0.4, -0.2) is 58.1 Å². The van der Waals surface area contributed by atoms with E-state index in [1.165, 1.54) is 66.7 Å². The lowest BCUT2D eigenvalue weighted by Crippen LogP contribution is -2.62. The Morgan fingerprint density at radius 2 is 1.33 bits per heavy atom. The minimum Gasteiger partial charge on any atom is -0.459 e. The number of nitrogens with zero attached hydrogens (tertiary/aromatic N) is 1. The third-order valence-electron chi connectivity index (χ3n) is 6.88. The number of hydrogen-bond acceptors (Lipinski definition) is 9. The van der Waals surface area contributed by atoms with Gasteiger partial charge >= 0.3 is 29.8 Å². The Morgan fingerprint density at radius 1 is 0.822 bits per heavy atom. The molecule has 4 atom stereocenters. The van der Waals surface area contributed by atoms with E-state index < -0.39 is 60.4 Å². The summed E-state index contributed by atoms with van der Waals surface area (Å²) in [6.45, 7) is -0.894. The van der Waals surface area contributed by atoms with Crippen LogP contribution in [0.15, 0.2) is 108 Å². The number of ether oxygens (including phenoxy) is 4. The van der Waals surface area contributed by atoms with Crippen molar-refractivity contribution in [3.8, 4) is 0 Å². The summed E-state index contributed by atoms with van der Waals surface area (Å²) >= 11 is 4.93. The SMILES string of the molecule is O=C(OC[C@H]1O[C@@H](n2ccc(=S)[nH]c2=O)C(OC(=O)c2ccccc2)(C(F)(F)F)[C@H]1OC(=O)c1ccccc1)c1ccccc1. The number of aromatic nitrogens is 2. The first-order chi connectivity index (χ1) is 21.5. The number of benzene rings is 3. The summed E-state index contributed by atoms with van der Waals surface area (Å²) in [5, 5.41) is 0. The van der Waals surface area contributed by atoms with Crippen LogP contribution in [0, 0.1) is 4.64 Å². The van der Waals surface area contributed by atoms with Crippen molar-refractivity contribution >= 4 is 30.1 Å². The molecule has 1 fully saturated rings. The smallest absolute Gasteiger partial charge is 0.436 e. The summed E-state index contributed by atoms with van der Waals surface area (Å²) in [5.41, 5.74) is -5.31. The molecule has 0 spiro atoms. The van der Waals surface area contributed by atoms with Crippen LogP contribution in [0.2, 0.25) is 0 Å². The monoisotopic (exact) mass is 640 g/mol. The number of aromatic amines is 1. The molecule has 10 nitrogen and oxygen atoms in total. The van der Waals surface area contributed by atoms with Gasteiger partial charge in [0.15, 0.2) is 12.3 Å². The highest BCUT2D eigenvalue weighted by Gasteiger charge is 2.76. The fourth-order valence-electron chi connectivity index (χ4n) is 4.76. The lowest BCUT2D eigenvalue weighted by Gasteiger charge is -2.38. The van der Waals surface area contributed by atoms with Crippen molar-refractivity contribution in [2.24, 2.45) is 0 Å². The lowest BCUT2D eigenvalue weighted by atomic mass is 9.91. The first-order valence-corrected chi connectivity index (χ1v) is 13.7. The molecule has 1 unspecified atom stereocenters. The number of H-pyrrole nitrogens is 1. The van der Waals surface area contributed by atoms with E-state index in [4.69, 9.17) is 31.2 Å². The van der Waals surface area contributed by atoms with Crippen molar-refractivity contribution in [3.05, 3.63) is 135 Å². The molecule has 1 aliphatic rings. The average molecular weight is 641 g/mol. The van der Waals surface area contributed by atoms with Crippen LogP contribution >= 0.6 is 12.2 Å². The predicted molar refractivity (Wildman–Crippen MR) is 153 cm³/mol. The van der Waals surface area contributed by atoms with Crippen molar-refractivity contribution < 1.29 is 46.5 Å². The van der Waals surface area contributed by atoms with Crippen LogP contribution in [0.4, 0.5) is 13.2 Å². The molecule has 1 N–H and O–H groups in total. The Balaban J connectivity index is 1.65. The summed E-state index contributed by atoms with van der Waals surface area (Å²) in [6.07, 6.45) is -11.5. The first-order valence-electron chi connectivity index (χ1n) is 13.3. The molecule has 0 bridgehead atoms.